The number of amides is 1. The Kier molecular flexibility index (Phi) is 6.46. The highest BCUT2D eigenvalue weighted by molar-refractivity contribution is 7.89. The van der Waals surface area contributed by atoms with Crippen LogP contribution in [0.3, 0.4) is 0 Å². The fourth-order valence-electron chi connectivity index (χ4n) is 1.01. The molecular weight excluding hydrogens is 218 g/mol. The summed E-state index contributed by atoms with van der Waals surface area (Å²) in [6, 6.07) is 0.0854. The average molecular weight is 237 g/mol. The van der Waals surface area contributed by atoms with Gasteiger partial charge in [0.2, 0.25) is 15.9 Å². The van der Waals surface area contributed by atoms with Gasteiger partial charge < -0.3 is 11.1 Å². The Labute approximate surface area is 90.4 Å². The van der Waals surface area contributed by atoms with Gasteiger partial charge in [-0.3, -0.25) is 4.79 Å². The first-order chi connectivity index (χ1) is 6.81. The SMILES string of the molecule is CC(N)CCCC(=O)NCCS(N)(=O)=O. The first kappa shape index (κ1) is 14.3. The van der Waals surface area contributed by atoms with Gasteiger partial charge in [0.15, 0.2) is 0 Å². The second-order valence-electron chi connectivity index (χ2n) is 3.59. The van der Waals surface area contributed by atoms with Crippen molar-refractivity contribution < 1.29 is 13.2 Å². The number of carbonyl (C=O) groups excluding carboxylic acids is 1. The Bertz CT molecular complexity index is 288. The van der Waals surface area contributed by atoms with Crippen molar-refractivity contribution in [1.82, 2.24) is 5.32 Å². The summed E-state index contributed by atoms with van der Waals surface area (Å²) < 4.78 is 21.1. The van der Waals surface area contributed by atoms with E-state index in [2.05, 4.69) is 5.32 Å². The van der Waals surface area contributed by atoms with Crippen LogP contribution in [0, 0.1) is 0 Å². The lowest BCUT2D eigenvalue weighted by atomic mass is 10.1. The zero-order chi connectivity index (χ0) is 11.9. The number of nitrogens with one attached hydrogen (secondary N) is 1. The van der Waals surface area contributed by atoms with Crippen molar-refractivity contribution in [2.75, 3.05) is 12.3 Å². The van der Waals surface area contributed by atoms with Crippen molar-refractivity contribution in [3.05, 3.63) is 0 Å². The number of sulfonamides is 1. The molecule has 15 heavy (non-hydrogen) atoms. The molecule has 0 aliphatic heterocycles. The lowest BCUT2D eigenvalue weighted by Gasteiger charge is -2.05. The van der Waals surface area contributed by atoms with Crippen molar-refractivity contribution in [2.45, 2.75) is 32.2 Å². The van der Waals surface area contributed by atoms with Crippen molar-refractivity contribution in [2.24, 2.45) is 10.9 Å². The predicted octanol–water partition coefficient (Wildman–Crippen LogP) is -1.09. The van der Waals surface area contributed by atoms with Gasteiger partial charge >= 0.3 is 0 Å². The van der Waals surface area contributed by atoms with E-state index in [1.54, 1.807) is 0 Å². The topological polar surface area (TPSA) is 115 Å². The zero-order valence-electron chi connectivity index (χ0n) is 8.90. The maximum atomic E-state index is 11.1. The molecule has 0 fully saturated rings. The van der Waals surface area contributed by atoms with Gasteiger partial charge in [-0.2, -0.15) is 0 Å². The van der Waals surface area contributed by atoms with Gasteiger partial charge in [0, 0.05) is 19.0 Å². The molecule has 0 radical (unpaired) electrons. The minimum absolute atomic E-state index is 0.0653. The number of primary sulfonamides is 1. The molecule has 0 saturated carbocycles. The standard InChI is InChI=1S/C8H19N3O3S/c1-7(9)3-2-4-8(12)11-5-6-15(10,13)14/h7H,2-6,9H2,1H3,(H,11,12)(H2,10,13,14). The smallest absolute Gasteiger partial charge is 0.220 e. The first-order valence-corrected chi connectivity index (χ1v) is 6.55. The third-order valence-corrected chi connectivity index (χ3v) is 2.55. The number of nitrogens with two attached hydrogens (primary N) is 2. The number of carbonyl (C=O) groups is 1. The molecule has 7 heteroatoms. The van der Waals surface area contributed by atoms with Gasteiger partial charge in [-0.25, -0.2) is 13.6 Å². The van der Waals surface area contributed by atoms with Gasteiger partial charge in [-0.05, 0) is 19.8 Å². The molecule has 0 saturated heterocycles. The van der Waals surface area contributed by atoms with E-state index in [4.69, 9.17) is 10.9 Å². The van der Waals surface area contributed by atoms with E-state index < -0.39 is 10.0 Å². The van der Waals surface area contributed by atoms with Gasteiger partial charge in [-0.1, -0.05) is 0 Å². The van der Waals surface area contributed by atoms with Crippen LogP contribution in [0.4, 0.5) is 0 Å². The van der Waals surface area contributed by atoms with Crippen LogP contribution >= 0.6 is 0 Å². The third kappa shape index (κ3) is 11.3. The maximum Gasteiger partial charge on any atom is 0.220 e. The summed E-state index contributed by atoms with van der Waals surface area (Å²) in [4.78, 5) is 11.1. The van der Waals surface area contributed by atoms with Gasteiger partial charge in [-0.15, -0.1) is 0 Å². The number of rotatable bonds is 7. The highest BCUT2D eigenvalue weighted by Crippen LogP contribution is 1.97. The lowest BCUT2D eigenvalue weighted by molar-refractivity contribution is -0.121. The Balaban J connectivity index is 3.50. The van der Waals surface area contributed by atoms with E-state index >= 15 is 0 Å². The number of hydrogen-bond acceptors (Lipinski definition) is 4. The minimum atomic E-state index is -3.49. The summed E-state index contributed by atoms with van der Waals surface area (Å²) in [7, 11) is -3.49. The Morgan fingerprint density at radius 1 is 1.47 bits per heavy atom. The summed E-state index contributed by atoms with van der Waals surface area (Å²) in [6.45, 7) is 1.94. The van der Waals surface area contributed by atoms with Crippen LogP contribution in [0.5, 0.6) is 0 Å². The van der Waals surface area contributed by atoms with Crippen LogP contribution in [0.2, 0.25) is 0 Å². The highest BCUT2D eigenvalue weighted by atomic mass is 32.2. The van der Waals surface area contributed by atoms with Crippen molar-refractivity contribution in [1.29, 1.82) is 0 Å². The molecule has 0 rings (SSSR count). The van der Waals surface area contributed by atoms with Crippen LogP contribution in [-0.2, 0) is 14.8 Å². The predicted molar refractivity (Wildman–Crippen MR) is 58.5 cm³/mol. The van der Waals surface area contributed by atoms with E-state index in [9.17, 15) is 13.2 Å². The Hall–Kier alpha value is -0.660. The van der Waals surface area contributed by atoms with E-state index in [1.165, 1.54) is 0 Å². The molecular formula is C8H19N3O3S. The summed E-state index contributed by atoms with van der Waals surface area (Å²) in [6.07, 6.45) is 1.85. The van der Waals surface area contributed by atoms with Crippen LogP contribution in [-0.4, -0.2) is 32.7 Å². The molecule has 0 heterocycles. The zero-order valence-corrected chi connectivity index (χ0v) is 9.72. The molecule has 0 aromatic rings. The normalized spacial score (nSPS) is 13.5. The van der Waals surface area contributed by atoms with E-state index in [0.717, 1.165) is 6.42 Å². The van der Waals surface area contributed by atoms with Crippen LogP contribution in [0.15, 0.2) is 0 Å². The van der Waals surface area contributed by atoms with Crippen LogP contribution in [0.25, 0.3) is 0 Å². The van der Waals surface area contributed by atoms with Crippen LogP contribution < -0.4 is 16.2 Å². The second-order valence-corrected chi connectivity index (χ2v) is 5.32. The second kappa shape index (κ2) is 6.76. The molecule has 6 nitrogen and oxygen atoms in total. The van der Waals surface area contributed by atoms with E-state index in [1.807, 2.05) is 6.92 Å². The molecule has 0 aromatic carbocycles. The van der Waals surface area contributed by atoms with Crippen molar-refractivity contribution in [3.63, 3.8) is 0 Å². The molecule has 0 bridgehead atoms. The fourth-order valence-corrected chi connectivity index (χ4v) is 1.39. The lowest BCUT2D eigenvalue weighted by Crippen LogP contribution is -2.31. The molecule has 0 aliphatic carbocycles. The molecule has 90 valence electrons. The molecule has 1 atom stereocenters. The summed E-state index contributed by atoms with van der Waals surface area (Å²) in [5.74, 6) is -0.397. The molecule has 5 N–H and O–H groups in total. The van der Waals surface area contributed by atoms with E-state index in [0.29, 0.717) is 12.8 Å². The van der Waals surface area contributed by atoms with Gasteiger partial charge in [0.1, 0.15) is 0 Å². The molecule has 0 aliphatic rings. The van der Waals surface area contributed by atoms with Gasteiger partial charge in [0.05, 0.1) is 5.75 Å². The minimum Gasteiger partial charge on any atom is -0.355 e. The first-order valence-electron chi connectivity index (χ1n) is 4.84. The van der Waals surface area contributed by atoms with E-state index in [-0.39, 0.29) is 24.2 Å². The molecule has 1 unspecified atom stereocenters. The van der Waals surface area contributed by atoms with Crippen molar-refractivity contribution in [3.8, 4) is 0 Å². The molecule has 1 amide bonds. The maximum absolute atomic E-state index is 11.1. The van der Waals surface area contributed by atoms with Gasteiger partial charge in [0.25, 0.3) is 0 Å². The molecule has 0 aromatic heterocycles. The van der Waals surface area contributed by atoms with Crippen molar-refractivity contribution >= 4 is 15.9 Å². The largest absolute Gasteiger partial charge is 0.355 e. The summed E-state index contributed by atoms with van der Waals surface area (Å²) in [5.41, 5.74) is 5.51. The summed E-state index contributed by atoms with van der Waals surface area (Å²) >= 11 is 0. The average Bonchev–Trinajstić information content (AvgIpc) is 2.00. The Morgan fingerprint density at radius 2 is 2.07 bits per heavy atom. The monoisotopic (exact) mass is 237 g/mol. The van der Waals surface area contributed by atoms with Crippen LogP contribution in [0.1, 0.15) is 26.2 Å². The number of hydrogen-bond donors (Lipinski definition) is 3. The summed E-state index contributed by atoms with van der Waals surface area (Å²) in [5, 5.41) is 7.24. The highest BCUT2D eigenvalue weighted by Gasteiger charge is 2.05. The quantitative estimate of drug-likeness (QED) is 0.521. The fraction of sp³-hybridized carbons (Fsp3) is 0.875. The third-order valence-electron chi connectivity index (χ3n) is 1.77. The molecule has 0 spiro atoms. The Morgan fingerprint density at radius 3 is 2.53 bits per heavy atom.